The number of nitrogens with zero attached hydrogens (tertiary/aromatic N) is 4. The highest BCUT2D eigenvalue weighted by atomic mass is 32.2. The molecule has 0 bridgehead atoms. The van der Waals surface area contributed by atoms with Crippen molar-refractivity contribution in [3.63, 3.8) is 0 Å². The third-order valence-electron chi connectivity index (χ3n) is 6.18. The van der Waals surface area contributed by atoms with Gasteiger partial charge in [-0.25, -0.2) is 4.98 Å². The van der Waals surface area contributed by atoms with Crippen LogP contribution in [0.5, 0.6) is 0 Å². The number of carbonyl (C=O) groups is 2. The molecule has 5 heterocycles. The van der Waals surface area contributed by atoms with E-state index >= 15 is 0 Å². The molecule has 36 heavy (non-hydrogen) atoms. The van der Waals surface area contributed by atoms with E-state index in [4.69, 9.17) is 4.98 Å². The Bertz CT molecular complexity index is 1480. The van der Waals surface area contributed by atoms with Crippen LogP contribution in [0.1, 0.15) is 4.88 Å². The highest BCUT2D eigenvalue weighted by Crippen LogP contribution is 2.35. The van der Waals surface area contributed by atoms with E-state index in [2.05, 4.69) is 61.7 Å². The lowest BCUT2D eigenvalue weighted by Crippen LogP contribution is -2.44. The predicted molar refractivity (Wildman–Crippen MR) is 146 cm³/mol. The summed E-state index contributed by atoms with van der Waals surface area (Å²) < 4.78 is 0. The normalized spacial score (nSPS) is 17.8. The number of anilines is 3. The number of thioether (sulfide) groups is 1. The molecule has 2 fully saturated rings. The van der Waals surface area contributed by atoms with E-state index in [0.29, 0.717) is 10.9 Å². The largest absolute Gasteiger partial charge is 0.369 e. The number of rotatable bonds is 5. The van der Waals surface area contributed by atoms with Crippen molar-refractivity contribution in [1.29, 1.82) is 0 Å². The zero-order valence-electron chi connectivity index (χ0n) is 19.4. The number of hydrogen-bond acceptors (Lipinski definition) is 9. The van der Waals surface area contributed by atoms with Crippen LogP contribution in [-0.2, 0) is 4.79 Å². The van der Waals surface area contributed by atoms with Gasteiger partial charge in [0.2, 0.25) is 5.95 Å². The number of benzene rings is 1. The number of H-pyrrole nitrogens is 1. The Morgan fingerprint density at radius 2 is 1.81 bits per heavy atom. The maximum Gasteiger partial charge on any atom is 0.290 e. The number of carbonyl (C=O) groups excluding carboxylic acids is 2. The molecule has 0 unspecified atom stereocenters. The molecule has 0 saturated carbocycles. The van der Waals surface area contributed by atoms with Crippen molar-refractivity contribution in [1.82, 2.24) is 25.2 Å². The van der Waals surface area contributed by atoms with Crippen molar-refractivity contribution < 1.29 is 9.59 Å². The topological polar surface area (TPSA) is 106 Å². The standard InChI is InChI=1S/C25H23N7O2S2/c1-31-10-12-32(13-11-31)16-4-2-15(3-5-16)27-24-28-21(18-8-9-26-22(18)29-24)19-7-6-17(35-19)14-20-23(33)30-25(34)36-20/h2-9,14H,10-13H2,1H3,(H,30,33,34)(H2,26,27,28,29)/b20-14+. The van der Waals surface area contributed by atoms with Crippen LogP contribution in [0, 0.1) is 0 Å². The Morgan fingerprint density at radius 3 is 2.56 bits per heavy atom. The molecule has 2 aliphatic heterocycles. The number of hydrogen-bond donors (Lipinski definition) is 3. The maximum absolute atomic E-state index is 11.9. The van der Waals surface area contributed by atoms with Crippen molar-refractivity contribution in [2.45, 2.75) is 0 Å². The second kappa shape index (κ2) is 9.41. The first kappa shape index (κ1) is 22.8. The van der Waals surface area contributed by atoms with Gasteiger partial charge in [-0.2, -0.15) is 4.98 Å². The smallest absolute Gasteiger partial charge is 0.290 e. The van der Waals surface area contributed by atoms with Crippen LogP contribution in [0.4, 0.5) is 22.1 Å². The van der Waals surface area contributed by atoms with Crippen LogP contribution in [0.15, 0.2) is 53.6 Å². The summed E-state index contributed by atoms with van der Waals surface area (Å²) in [5.74, 6) is 0.136. The molecular weight excluding hydrogens is 494 g/mol. The molecule has 2 saturated heterocycles. The van der Waals surface area contributed by atoms with Crippen LogP contribution in [0.2, 0.25) is 0 Å². The van der Waals surface area contributed by atoms with Crippen LogP contribution in [0.3, 0.4) is 0 Å². The summed E-state index contributed by atoms with van der Waals surface area (Å²) in [6.45, 7) is 4.19. The predicted octanol–water partition coefficient (Wildman–Crippen LogP) is 4.51. The van der Waals surface area contributed by atoms with E-state index in [9.17, 15) is 9.59 Å². The summed E-state index contributed by atoms with van der Waals surface area (Å²) >= 11 is 2.42. The van der Waals surface area contributed by atoms with Gasteiger partial charge < -0.3 is 20.1 Å². The number of nitrogens with one attached hydrogen (secondary N) is 3. The van der Waals surface area contributed by atoms with Crippen LogP contribution in [-0.4, -0.2) is 64.2 Å². The van der Waals surface area contributed by atoms with Gasteiger partial charge in [-0.15, -0.1) is 11.3 Å². The lowest BCUT2D eigenvalue weighted by molar-refractivity contribution is -0.115. The monoisotopic (exact) mass is 517 g/mol. The van der Waals surface area contributed by atoms with Gasteiger partial charge in [-0.1, -0.05) is 0 Å². The molecule has 182 valence electrons. The number of amides is 2. The second-order valence-electron chi connectivity index (χ2n) is 8.65. The fourth-order valence-electron chi connectivity index (χ4n) is 4.24. The van der Waals surface area contributed by atoms with Gasteiger partial charge in [0.05, 0.1) is 15.5 Å². The lowest BCUT2D eigenvalue weighted by Gasteiger charge is -2.34. The molecule has 3 N–H and O–H groups in total. The molecule has 6 rings (SSSR count). The van der Waals surface area contributed by atoms with E-state index < -0.39 is 0 Å². The van der Waals surface area contributed by atoms with Gasteiger partial charge in [0.15, 0.2) is 0 Å². The first-order chi connectivity index (χ1) is 17.5. The minimum absolute atomic E-state index is 0.347. The number of imide groups is 1. The number of piperazine rings is 1. The third kappa shape index (κ3) is 4.60. The molecule has 3 aromatic heterocycles. The fourth-order valence-corrected chi connectivity index (χ4v) is 5.95. The second-order valence-corrected chi connectivity index (χ2v) is 10.8. The van der Waals surface area contributed by atoms with Gasteiger partial charge >= 0.3 is 0 Å². The van der Waals surface area contributed by atoms with Crippen LogP contribution >= 0.6 is 23.1 Å². The Balaban J connectivity index is 1.25. The van der Waals surface area contributed by atoms with E-state index in [1.165, 1.54) is 17.0 Å². The molecule has 4 aromatic rings. The number of aromatic nitrogens is 3. The Morgan fingerprint density at radius 1 is 1.00 bits per heavy atom. The summed E-state index contributed by atoms with van der Waals surface area (Å²) in [4.78, 5) is 43.0. The molecule has 11 heteroatoms. The number of likely N-dealkylation sites (N-methyl/N-ethyl adjacent to an activating group) is 1. The quantitative estimate of drug-likeness (QED) is 0.332. The minimum atomic E-state index is -0.361. The van der Waals surface area contributed by atoms with E-state index in [0.717, 1.165) is 70.1 Å². The van der Waals surface area contributed by atoms with Crippen molar-refractivity contribution in [3.8, 4) is 10.6 Å². The number of fused-ring (bicyclic) bond motifs is 1. The van der Waals surface area contributed by atoms with E-state index in [-0.39, 0.29) is 11.1 Å². The molecule has 1 aromatic carbocycles. The van der Waals surface area contributed by atoms with Gasteiger partial charge in [0, 0.05) is 54.0 Å². The van der Waals surface area contributed by atoms with Crippen molar-refractivity contribution in [2.75, 3.05) is 43.4 Å². The van der Waals surface area contributed by atoms with Crippen molar-refractivity contribution in [3.05, 3.63) is 58.4 Å². The van der Waals surface area contributed by atoms with Gasteiger partial charge in [-0.3, -0.25) is 14.9 Å². The number of aromatic amines is 1. The first-order valence-electron chi connectivity index (χ1n) is 11.5. The average Bonchev–Trinajstić information content (AvgIpc) is 3.60. The summed E-state index contributed by atoms with van der Waals surface area (Å²) in [6, 6.07) is 14.2. The maximum atomic E-state index is 11.9. The van der Waals surface area contributed by atoms with Gasteiger partial charge in [0.1, 0.15) is 5.65 Å². The van der Waals surface area contributed by atoms with E-state index in [1.807, 2.05) is 24.4 Å². The van der Waals surface area contributed by atoms with Crippen LogP contribution in [0.25, 0.3) is 27.7 Å². The molecular formula is C25H23N7O2S2. The summed E-state index contributed by atoms with van der Waals surface area (Å²) in [5.41, 5.74) is 3.66. The Labute approximate surface area is 215 Å². The summed E-state index contributed by atoms with van der Waals surface area (Å²) in [7, 11) is 2.16. The highest BCUT2D eigenvalue weighted by Gasteiger charge is 2.25. The fraction of sp³-hybridized carbons (Fsp3) is 0.200. The molecule has 0 spiro atoms. The molecule has 0 atom stereocenters. The minimum Gasteiger partial charge on any atom is -0.369 e. The first-order valence-corrected chi connectivity index (χ1v) is 13.2. The SMILES string of the molecule is CN1CCN(c2ccc(Nc3nc(-c4ccc(/C=C5/SC(=O)NC5=O)s4)c4cc[nH]c4n3)cc2)CC1. The Hall–Kier alpha value is -3.67. The van der Waals surface area contributed by atoms with E-state index in [1.54, 1.807) is 6.08 Å². The molecule has 0 radical (unpaired) electrons. The third-order valence-corrected chi connectivity index (χ3v) is 8.03. The number of thiophene rings is 1. The zero-order chi connectivity index (χ0) is 24.6. The molecule has 0 aliphatic carbocycles. The Kier molecular flexibility index (Phi) is 5.96. The van der Waals surface area contributed by atoms with Crippen LogP contribution < -0.4 is 15.5 Å². The molecule has 9 nitrogen and oxygen atoms in total. The van der Waals surface area contributed by atoms with Crippen molar-refractivity contribution in [2.24, 2.45) is 0 Å². The van der Waals surface area contributed by atoms with Gasteiger partial charge in [0.25, 0.3) is 11.1 Å². The average molecular weight is 518 g/mol. The molecule has 2 amide bonds. The van der Waals surface area contributed by atoms with Gasteiger partial charge in [-0.05, 0) is 67.4 Å². The zero-order valence-corrected chi connectivity index (χ0v) is 21.1. The lowest BCUT2D eigenvalue weighted by atomic mass is 10.2. The molecule has 2 aliphatic rings. The highest BCUT2D eigenvalue weighted by molar-refractivity contribution is 8.18. The summed E-state index contributed by atoms with van der Waals surface area (Å²) in [6.07, 6.45) is 3.58. The summed E-state index contributed by atoms with van der Waals surface area (Å²) in [5, 5.41) is 6.19. The van der Waals surface area contributed by atoms with Crippen molar-refractivity contribution >= 4 is 68.7 Å².